The van der Waals surface area contributed by atoms with Gasteiger partial charge < -0.3 is 15.5 Å². The number of aryl methyl sites for hydroxylation is 1. The Labute approximate surface area is 148 Å². The van der Waals surface area contributed by atoms with Crippen molar-refractivity contribution in [2.75, 3.05) is 23.3 Å². The fourth-order valence-electron chi connectivity index (χ4n) is 2.52. The predicted octanol–water partition coefficient (Wildman–Crippen LogP) is 4.82. The van der Waals surface area contributed by atoms with Gasteiger partial charge in [-0.15, -0.1) is 0 Å². The number of halogens is 1. The van der Waals surface area contributed by atoms with E-state index in [4.69, 9.17) is 11.6 Å². The first-order chi connectivity index (χ1) is 11.5. The molecular weight excluding hydrogens is 322 g/mol. The molecule has 0 atom stereocenters. The third-order valence-electron chi connectivity index (χ3n) is 3.95. The molecule has 0 fully saturated rings. The molecule has 0 spiro atoms. The van der Waals surface area contributed by atoms with E-state index in [1.54, 1.807) is 0 Å². The van der Waals surface area contributed by atoms with E-state index in [0.29, 0.717) is 11.6 Å². The second-order valence-electron chi connectivity index (χ2n) is 5.61. The van der Waals surface area contributed by atoms with Crippen molar-refractivity contribution in [3.63, 3.8) is 0 Å². The van der Waals surface area contributed by atoms with Gasteiger partial charge in [-0.25, -0.2) is 4.79 Å². The van der Waals surface area contributed by atoms with Gasteiger partial charge in [0.1, 0.15) is 0 Å². The topological polar surface area (TPSA) is 44.4 Å². The first-order valence-electron chi connectivity index (χ1n) is 8.18. The lowest BCUT2D eigenvalue weighted by Gasteiger charge is -2.22. The van der Waals surface area contributed by atoms with Crippen LogP contribution in [-0.2, 0) is 6.54 Å². The Kier molecular flexibility index (Phi) is 6.50. The van der Waals surface area contributed by atoms with E-state index in [9.17, 15) is 4.79 Å². The first-order valence-corrected chi connectivity index (χ1v) is 8.56. The van der Waals surface area contributed by atoms with Gasteiger partial charge in [0.25, 0.3) is 0 Å². The quantitative estimate of drug-likeness (QED) is 0.788. The molecular formula is C19H24ClN3O. The molecule has 0 aliphatic heterocycles. The van der Waals surface area contributed by atoms with Crippen LogP contribution in [0.15, 0.2) is 42.5 Å². The zero-order valence-electron chi connectivity index (χ0n) is 14.4. The Balaban J connectivity index is 1.95. The second kappa shape index (κ2) is 8.60. The summed E-state index contributed by atoms with van der Waals surface area (Å²) >= 11 is 5.85. The normalized spacial score (nSPS) is 10.3. The molecule has 0 unspecified atom stereocenters. The summed E-state index contributed by atoms with van der Waals surface area (Å²) in [5.41, 5.74) is 4.04. The van der Waals surface area contributed by atoms with Crippen LogP contribution in [0.2, 0.25) is 5.02 Å². The monoisotopic (exact) mass is 345 g/mol. The zero-order valence-corrected chi connectivity index (χ0v) is 15.2. The highest BCUT2D eigenvalue weighted by Crippen LogP contribution is 2.22. The average molecular weight is 346 g/mol. The number of benzene rings is 2. The van der Waals surface area contributed by atoms with Crippen LogP contribution in [0.1, 0.15) is 25.0 Å². The molecule has 0 bridgehead atoms. The molecule has 4 nitrogen and oxygen atoms in total. The number of amides is 2. The Morgan fingerprint density at radius 2 is 1.75 bits per heavy atom. The van der Waals surface area contributed by atoms with Crippen molar-refractivity contribution < 1.29 is 4.79 Å². The summed E-state index contributed by atoms with van der Waals surface area (Å²) in [5, 5.41) is 6.44. The minimum Gasteiger partial charge on any atom is -0.372 e. The highest BCUT2D eigenvalue weighted by molar-refractivity contribution is 6.30. The Hall–Kier alpha value is -2.20. The molecule has 24 heavy (non-hydrogen) atoms. The van der Waals surface area contributed by atoms with Gasteiger partial charge in [-0.3, -0.25) is 0 Å². The summed E-state index contributed by atoms with van der Waals surface area (Å²) in [6.45, 7) is 8.65. The molecule has 0 saturated carbocycles. The van der Waals surface area contributed by atoms with Gasteiger partial charge in [0.15, 0.2) is 0 Å². The lowest BCUT2D eigenvalue weighted by atomic mass is 10.1. The zero-order chi connectivity index (χ0) is 17.5. The van der Waals surface area contributed by atoms with Crippen LogP contribution >= 0.6 is 11.6 Å². The van der Waals surface area contributed by atoms with E-state index in [1.165, 1.54) is 5.69 Å². The van der Waals surface area contributed by atoms with Gasteiger partial charge in [0.2, 0.25) is 0 Å². The molecule has 0 aliphatic carbocycles. The van der Waals surface area contributed by atoms with Crippen molar-refractivity contribution >= 4 is 29.0 Å². The van der Waals surface area contributed by atoms with Gasteiger partial charge >= 0.3 is 6.03 Å². The fourth-order valence-corrected chi connectivity index (χ4v) is 2.65. The van der Waals surface area contributed by atoms with Gasteiger partial charge in [-0.2, -0.15) is 0 Å². The number of hydrogen-bond donors (Lipinski definition) is 2. The smallest absolute Gasteiger partial charge is 0.319 e. The summed E-state index contributed by atoms with van der Waals surface area (Å²) in [4.78, 5) is 14.4. The minimum absolute atomic E-state index is 0.219. The maximum Gasteiger partial charge on any atom is 0.319 e. The van der Waals surface area contributed by atoms with E-state index < -0.39 is 0 Å². The Morgan fingerprint density at radius 3 is 2.33 bits per heavy atom. The molecule has 0 heterocycles. The summed E-state index contributed by atoms with van der Waals surface area (Å²) in [6, 6.07) is 13.3. The SMILES string of the molecule is CCN(CC)c1ccc(NC(=O)NCc2ccc(Cl)cc2)c(C)c1. The average Bonchev–Trinajstić information content (AvgIpc) is 2.58. The van der Waals surface area contributed by atoms with Crippen molar-refractivity contribution in [1.29, 1.82) is 0 Å². The second-order valence-corrected chi connectivity index (χ2v) is 6.04. The molecule has 2 N–H and O–H groups in total. The van der Waals surface area contributed by atoms with Crippen molar-refractivity contribution in [1.82, 2.24) is 5.32 Å². The number of carbonyl (C=O) groups is 1. The van der Waals surface area contributed by atoms with Crippen LogP contribution < -0.4 is 15.5 Å². The summed E-state index contributed by atoms with van der Waals surface area (Å²) < 4.78 is 0. The summed E-state index contributed by atoms with van der Waals surface area (Å²) in [7, 11) is 0. The third-order valence-corrected chi connectivity index (χ3v) is 4.21. The molecule has 2 aromatic rings. The number of urea groups is 1. The van der Waals surface area contributed by atoms with Crippen LogP contribution in [0.4, 0.5) is 16.2 Å². The van der Waals surface area contributed by atoms with Crippen LogP contribution in [0.5, 0.6) is 0 Å². The number of rotatable bonds is 6. The van der Waals surface area contributed by atoms with Gasteiger partial charge in [0.05, 0.1) is 0 Å². The lowest BCUT2D eigenvalue weighted by Crippen LogP contribution is -2.28. The number of nitrogens with one attached hydrogen (secondary N) is 2. The maximum atomic E-state index is 12.1. The van der Waals surface area contributed by atoms with Crippen LogP contribution in [0.25, 0.3) is 0 Å². The molecule has 0 radical (unpaired) electrons. The predicted molar refractivity (Wildman–Crippen MR) is 102 cm³/mol. The van der Waals surface area contributed by atoms with E-state index in [0.717, 1.165) is 29.9 Å². The third kappa shape index (κ3) is 4.90. The van der Waals surface area contributed by atoms with Crippen LogP contribution in [-0.4, -0.2) is 19.1 Å². The van der Waals surface area contributed by atoms with E-state index in [1.807, 2.05) is 43.3 Å². The Morgan fingerprint density at radius 1 is 1.08 bits per heavy atom. The number of anilines is 2. The van der Waals surface area contributed by atoms with Crippen molar-refractivity contribution in [2.45, 2.75) is 27.3 Å². The molecule has 0 aliphatic rings. The van der Waals surface area contributed by atoms with Crippen molar-refractivity contribution in [3.8, 4) is 0 Å². The number of carbonyl (C=O) groups excluding carboxylic acids is 1. The molecule has 2 aromatic carbocycles. The maximum absolute atomic E-state index is 12.1. The highest BCUT2D eigenvalue weighted by Gasteiger charge is 2.07. The standard InChI is InChI=1S/C19H24ClN3O/c1-4-23(5-2)17-10-11-18(14(3)12-17)22-19(24)21-13-15-6-8-16(20)9-7-15/h6-12H,4-5,13H2,1-3H3,(H2,21,22,24). The molecule has 0 aromatic heterocycles. The van der Waals surface area contributed by atoms with E-state index in [2.05, 4.69) is 35.4 Å². The van der Waals surface area contributed by atoms with Gasteiger partial charge in [-0.1, -0.05) is 23.7 Å². The molecule has 5 heteroatoms. The Bertz CT molecular complexity index is 682. The highest BCUT2D eigenvalue weighted by atomic mass is 35.5. The first kappa shape index (κ1) is 18.1. The van der Waals surface area contributed by atoms with E-state index >= 15 is 0 Å². The number of hydrogen-bond acceptors (Lipinski definition) is 2. The molecule has 2 amide bonds. The van der Waals surface area contributed by atoms with Crippen molar-refractivity contribution in [3.05, 3.63) is 58.6 Å². The van der Waals surface area contributed by atoms with Crippen LogP contribution in [0, 0.1) is 6.92 Å². The van der Waals surface area contributed by atoms with E-state index in [-0.39, 0.29) is 6.03 Å². The van der Waals surface area contributed by atoms with Gasteiger partial charge in [0, 0.05) is 36.0 Å². The van der Waals surface area contributed by atoms with Gasteiger partial charge in [-0.05, 0) is 62.2 Å². The molecule has 0 saturated heterocycles. The minimum atomic E-state index is -0.219. The van der Waals surface area contributed by atoms with Crippen LogP contribution in [0.3, 0.4) is 0 Å². The number of nitrogens with zero attached hydrogens (tertiary/aromatic N) is 1. The lowest BCUT2D eigenvalue weighted by molar-refractivity contribution is 0.251. The largest absolute Gasteiger partial charge is 0.372 e. The molecule has 128 valence electrons. The summed E-state index contributed by atoms with van der Waals surface area (Å²) in [5.74, 6) is 0. The molecule has 2 rings (SSSR count). The summed E-state index contributed by atoms with van der Waals surface area (Å²) in [6.07, 6.45) is 0. The van der Waals surface area contributed by atoms with Crippen molar-refractivity contribution in [2.24, 2.45) is 0 Å². The fraction of sp³-hybridized carbons (Fsp3) is 0.316.